The number of hydrogen-bond donors (Lipinski definition) is 0. The summed E-state index contributed by atoms with van der Waals surface area (Å²) in [5, 5.41) is 8.86. The second kappa shape index (κ2) is 5.41. The van der Waals surface area contributed by atoms with Gasteiger partial charge in [-0.25, -0.2) is 0 Å². The van der Waals surface area contributed by atoms with Crippen molar-refractivity contribution < 1.29 is 9.53 Å². The molecule has 0 aromatic heterocycles. The zero-order valence-electron chi connectivity index (χ0n) is 11.3. The van der Waals surface area contributed by atoms with Crippen LogP contribution < -0.4 is 0 Å². The highest BCUT2D eigenvalue weighted by molar-refractivity contribution is 5.88. The molecule has 1 fully saturated rings. The van der Waals surface area contributed by atoms with Crippen molar-refractivity contribution in [3.8, 4) is 6.07 Å². The summed E-state index contributed by atoms with van der Waals surface area (Å²) in [5.74, 6) is 0.112. The van der Waals surface area contributed by atoms with E-state index in [9.17, 15) is 4.79 Å². The first-order valence-electron chi connectivity index (χ1n) is 6.40. The standard InChI is InChI=1S/C15H18N2O2/c1-17(2)14(18)15(7-9-19-10-8-15)13-5-3-12(11-16)4-6-13/h3-6H,7-10H2,1-2H3. The summed E-state index contributed by atoms with van der Waals surface area (Å²) in [6, 6.07) is 9.44. The molecule has 0 aliphatic carbocycles. The number of nitriles is 1. The Morgan fingerprint density at radius 1 is 1.26 bits per heavy atom. The number of hydrogen-bond acceptors (Lipinski definition) is 3. The van der Waals surface area contributed by atoms with E-state index in [1.165, 1.54) is 0 Å². The summed E-state index contributed by atoms with van der Waals surface area (Å²) in [7, 11) is 3.56. The summed E-state index contributed by atoms with van der Waals surface area (Å²) < 4.78 is 5.40. The summed E-state index contributed by atoms with van der Waals surface area (Å²) in [4.78, 5) is 14.2. The molecule has 0 bridgehead atoms. The average molecular weight is 258 g/mol. The average Bonchev–Trinajstić information content (AvgIpc) is 2.47. The third-order valence-electron chi connectivity index (χ3n) is 3.73. The Labute approximate surface area is 113 Å². The molecular formula is C15H18N2O2. The normalized spacial score (nSPS) is 17.5. The molecule has 0 atom stereocenters. The van der Waals surface area contributed by atoms with Gasteiger partial charge in [0.15, 0.2) is 0 Å². The molecular weight excluding hydrogens is 240 g/mol. The van der Waals surface area contributed by atoms with Crippen molar-refractivity contribution in [1.29, 1.82) is 5.26 Å². The molecule has 1 amide bonds. The van der Waals surface area contributed by atoms with Crippen LogP contribution in [0.2, 0.25) is 0 Å². The van der Waals surface area contributed by atoms with E-state index in [-0.39, 0.29) is 5.91 Å². The van der Waals surface area contributed by atoms with E-state index in [0.29, 0.717) is 31.6 Å². The number of likely N-dealkylation sites (N-methyl/N-ethyl adjacent to an activating group) is 1. The molecule has 1 aliphatic rings. The van der Waals surface area contributed by atoms with Crippen molar-refractivity contribution in [3.63, 3.8) is 0 Å². The van der Waals surface area contributed by atoms with Crippen LogP contribution in [0.3, 0.4) is 0 Å². The Morgan fingerprint density at radius 3 is 2.32 bits per heavy atom. The largest absolute Gasteiger partial charge is 0.381 e. The predicted octanol–water partition coefficient (Wildman–Crippen LogP) is 1.69. The number of benzene rings is 1. The fraction of sp³-hybridized carbons (Fsp3) is 0.467. The Hall–Kier alpha value is -1.86. The summed E-state index contributed by atoms with van der Waals surface area (Å²) in [6.45, 7) is 1.19. The van der Waals surface area contributed by atoms with E-state index >= 15 is 0 Å². The first kappa shape index (κ1) is 13.6. The van der Waals surface area contributed by atoms with Crippen LogP contribution in [-0.4, -0.2) is 38.1 Å². The molecule has 0 unspecified atom stereocenters. The van der Waals surface area contributed by atoms with Crippen molar-refractivity contribution in [2.24, 2.45) is 0 Å². The lowest BCUT2D eigenvalue weighted by atomic mass is 9.73. The molecule has 1 heterocycles. The Kier molecular flexibility index (Phi) is 3.87. The maximum absolute atomic E-state index is 12.6. The minimum absolute atomic E-state index is 0.112. The fourth-order valence-electron chi connectivity index (χ4n) is 2.64. The quantitative estimate of drug-likeness (QED) is 0.811. The fourth-order valence-corrected chi connectivity index (χ4v) is 2.64. The van der Waals surface area contributed by atoms with Gasteiger partial charge in [0.25, 0.3) is 0 Å². The second-order valence-electron chi connectivity index (χ2n) is 5.08. The van der Waals surface area contributed by atoms with Crippen molar-refractivity contribution >= 4 is 5.91 Å². The molecule has 4 heteroatoms. The third kappa shape index (κ3) is 2.47. The zero-order chi connectivity index (χ0) is 13.9. The Morgan fingerprint density at radius 2 is 1.84 bits per heavy atom. The third-order valence-corrected chi connectivity index (χ3v) is 3.73. The number of amides is 1. The van der Waals surface area contributed by atoms with E-state index in [1.807, 2.05) is 12.1 Å². The maximum Gasteiger partial charge on any atom is 0.232 e. The number of nitrogens with zero attached hydrogens (tertiary/aromatic N) is 2. The van der Waals surface area contributed by atoms with Gasteiger partial charge in [-0.1, -0.05) is 12.1 Å². The smallest absolute Gasteiger partial charge is 0.232 e. The molecule has 1 aromatic rings. The molecule has 0 radical (unpaired) electrons. The highest BCUT2D eigenvalue weighted by Gasteiger charge is 2.42. The van der Waals surface area contributed by atoms with Gasteiger partial charge in [-0.05, 0) is 30.5 Å². The monoisotopic (exact) mass is 258 g/mol. The van der Waals surface area contributed by atoms with Gasteiger partial charge in [-0.15, -0.1) is 0 Å². The Bertz CT molecular complexity index is 494. The highest BCUT2D eigenvalue weighted by Crippen LogP contribution is 2.36. The van der Waals surface area contributed by atoms with Crippen molar-refractivity contribution in [1.82, 2.24) is 4.90 Å². The molecule has 19 heavy (non-hydrogen) atoms. The van der Waals surface area contributed by atoms with Gasteiger partial charge in [-0.3, -0.25) is 4.79 Å². The van der Waals surface area contributed by atoms with Crippen molar-refractivity contribution in [2.75, 3.05) is 27.3 Å². The topological polar surface area (TPSA) is 53.3 Å². The van der Waals surface area contributed by atoms with Gasteiger partial charge in [0.1, 0.15) is 0 Å². The van der Waals surface area contributed by atoms with E-state index < -0.39 is 5.41 Å². The molecule has 0 N–H and O–H groups in total. The summed E-state index contributed by atoms with van der Waals surface area (Å²) in [6.07, 6.45) is 1.38. The molecule has 4 nitrogen and oxygen atoms in total. The summed E-state index contributed by atoms with van der Waals surface area (Å²) >= 11 is 0. The molecule has 0 saturated carbocycles. The van der Waals surface area contributed by atoms with Gasteiger partial charge >= 0.3 is 0 Å². The second-order valence-corrected chi connectivity index (χ2v) is 5.08. The molecule has 1 aromatic carbocycles. The maximum atomic E-state index is 12.6. The summed E-state index contributed by atoms with van der Waals surface area (Å²) in [5.41, 5.74) is 1.09. The minimum Gasteiger partial charge on any atom is -0.381 e. The lowest BCUT2D eigenvalue weighted by Crippen LogP contribution is -2.47. The Balaban J connectivity index is 2.42. The van der Waals surface area contributed by atoms with Gasteiger partial charge in [0, 0.05) is 27.3 Å². The number of carbonyl (C=O) groups is 1. The zero-order valence-corrected chi connectivity index (χ0v) is 11.3. The van der Waals surface area contributed by atoms with Crippen LogP contribution in [0.1, 0.15) is 24.0 Å². The van der Waals surface area contributed by atoms with Crippen LogP contribution in [-0.2, 0) is 14.9 Å². The first-order valence-corrected chi connectivity index (χ1v) is 6.40. The predicted molar refractivity (Wildman–Crippen MR) is 71.6 cm³/mol. The molecule has 2 rings (SSSR count). The highest BCUT2D eigenvalue weighted by atomic mass is 16.5. The lowest BCUT2D eigenvalue weighted by Gasteiger charge is -2.38. The van der Waals surface area contributed by atoms with Crippen LogP contribution in [0.4, 0.5) is 0 Å². The van der Waals surface area contributed by atoms with Gasteiger partial charge < -0.3 is 9.64 Å². The van der Waals surface area contributed by atoms with E-state index in [4.69, 9.17) is 10.00 Å². The molecule has 1 aliphatic heterocycles. The molecule has 1 saturated heterocycles. The van der Waals surface area contributed by atoms with Crippen LogP contribution >= 0.6 is 0 Å². The molecule has 0 spiro atoms. The van der Waals surface area contributed by atoms with Gasteiger partial charge in [0.2, 0.25) is 5.91 Å². The SMILES string of the molecule is CN(C)C(=O)C1(c2ccc(C#N)cc2)CCOCC1. The molecule has 100 valence electrons. The van der Waals surface area contributed by atoms with Gasteiger partial charge in [-0.2, -0.15) is 5.26 Å². The van der Waals surface area contributed by atoms with Crippen molar-refractivity contribution in [3.05, 3.63) is 35.4 Å². The number of ether oxygens (including phenoxy) is 1. The number of rotatable bonds is 2. The number of carbonyl (C=O) groups excluding carboxylic acids is 1. The van der Waals surface area contributed by atoms with Crippen LogP contribution in [0.5, 0.6) is 0 Å². The van der Waals surface area contributed by atoms with E-state index in [2.05, 4.69) is 6.07 Å². The van der Waals surface area contributed by atoms with Crippen molar-refractivity contribution in [2.45, 2.75) is 18.3 Å². The van der Waals surface area contributed by atoms with Crippen LogP contribution in [0.15, 0.2) is 24.3 Å². The first-order chi connectivity index (χ1) is 9.10. The lowest BCUT2D eigenvalue weighted by molar-refractivity contribution is -0.138. The van der Waals surface area contributed by atoms with Crippen LogP contribution in [0.25, 0.3) is 0 Å². The minimum atomic E-state index is -0.504. The van der Waals surface area contributed by atoms with Gasteiger partial charge in [0.05, 0.1) is 17.0 Å². The van der Waals surface area contributed by atoms with E-state index in [1.54, 1.807) is 31.1 Å². The van der Waals surface area contributed by atoms with Crippen LogP contribution in [0, 0.1) is 11.3 Å². The van der Waals surface area contributed by atoms with E-state index in [0.717, 1.165) is 5.56 Å².